The molecule has 26 heavy (non-hydrogen) atoms. The molecule has 1 aromatic carbocycles. The van der Waals surface area contributed by atoms with Crippen LogP contribution in [-0.2, 0) is 16.1 Å². The summed E-state index contributed by atoms with van der Waals surface area (Å²) in [5.41, 5.74) is 0.647. The van der Waals surface area contributed by atoms with E-state index < -0.39 is 6.10 Å². The van der Waals surface area contributed by atoms with Gasteiger partial charge in [-0.3, -0.25) is 14.5 Å². The average Bonchev–Trinajstić information content (AvgIpc) is 3.38. The Morgan fingerprint density at radius 1 is 1.23 bits per heavy atom. The van der Waals surface area contributed by atoms with Gasteiger partial charge in [0.2, 0.25) is 5.91 Å². The van der Waals surface area contributed by atoms with E-state index in [1.54, 1.807) is 6.92 Å². The predicted octanol–water partition coefficient (Wildman–Crippen LogP) is 2.89. The number of carbonyl (C=O) groups is 2. The van der Waals surface area contributed by atoms with Gasteiger partial charge in [0.1, 0.15) is 23.8 Å². The Labute approximate surface area is 152 Å². The van der Waals surface area contributed by atoms with Gasteiger partial charge >= 0.3 is 0 Å². The second kappa shape index (κ2) is 6.52. The molecule has 2 aromatic rings. The Bertz CT molecular complexity index is 840. The number of para-hydroxylation sites is 2. The smallest absolute Gasteiger partial charge is 0.268 e. The van der Waals surface area contributed by atoms with Crippen molar-refractivity contribution >= 4 is 17.5 Å². The summed E-state index contributed by atoms with van der Waals surface area (Å²) in [6, 6.07) is 11.4. The highest BCUT2D eigenvalue weighted by Gasteiger charge is 2.37. The molecule has 0 unspecified atom stereocenters. The van der Waals surface area contributed by atoms with Crippen LogP contribution in [-0.4, -0.2) is 35.4 Å². The number of benzene rings is 1. The number of fused-ring (bicyclic) bond motifs is 1. The molecule has 4 rings (SSSR count). The molecule has 0 saturated heterocycles. The van der Waals surface area contributed by atoms with Crippen molar-refractivity contribution in [2.75, 3.05) is 11.4 Å². The highest BCUT2D eigenvalue weighted by atomic mass is 16.5. The maximum atomic E-state index is 13.0. The van der Waals surface area contributed by atoms with E-state index in [-0.39, 0.29) is 24.4 Å². The average molecular weight is 354 g/mol. The molecule has 2 aliphatic rings. The minimum atomic E-state index is -0.597. The van der Waals surface area contributed by atoms with Gasteiger partial charge in [-0.05, 0) is 51.0 Å². The molecule has 2 heterocycles. The lowest BCUT2D eigenvalue weighted by Gasteiger charge is -2.34. The van der Waals surface area contributed by atoms with Crippen molar-refractivity contribution < 1.29 is 18.7 Å². The molecule has 0 N–H and O–H groups in total. The van der Waals surface area contributed by atoms with E-state index in [0.29, 0.717) is 18.0 Å². The molecule has 6 nitrogen and oxygen atoms in total. The van der Waals surface area contributed by atoms with Crippen LogP contribution in [0.25, 0.3) is 0 Å². The predicted molar refractivity (Wildman–Crippen MR) is 95.9 cm³/mol. The van der Waals surface area contributed by atoms with Crippen molar-refractivity contribution in [2.45, 2.75) is 45.4 Å². The van der Waals surface area contributed by atoms with Crippen LogP contribution in [0.5, 0.6) is 5.75 Å². The van der Waals surface area contributed by atoms with Crippen LogP contribution in [0.15, 0.2) is 40.8 Å². The summed E-state index contributed by atoms with van der Waals surface area (Å²) in [6.07, 6.45) is 1.39. The first-order chi connectivity index (χ1) is 12.5. The summed E-state index contributed by atoms with van der Waals surface area (Å²) in [5, 5.41) is 0. The molecular formula is C20H22N2O4. The fourth-order valence-electron chi connectivity index (χ4n) is 3.29. The molecule has 0 spiro atoms. The zero-order valence-corrected chi connectivity index (χ0v) is 15.0. The largest absolute Gasteiger partial charge is 0.479 e. The van der Waals surface area contributed by atoms with Crippen LogP contribution >= 0.6 is 0 Å². The van der Waals surface area contributed by atoms with E-state index >= 15 is 0 Å². The van der Waals surface area contributed by atoms with Crippen molar-refractivity contribution in [1.82, 2.24) is 4.90 Å². The minimum absolute atomic E-state index is 0.0136. The Hall–Kier alpha value is -2.76. The highest BCUT2D eigenvalue weighted by Crippen LogP contribution is 2.34. The van der Waals surface area contributed by atoms with Crippen molar-refractivity contribution in [1.29, 1.82) is 0 Å². The zero-order chi connectivity index (χ0) is 18.3. The fraction of sp³-hybridized carbons (Fsp3) is 0.400. The fourth-order valence-corrected chi connectivity index (χ4v) is 3.29. The van der Waals surface area contributed by atoms with Crippen LogP contribution in [0, 0.1) is 6.92 Å². The van der Waals surface area contributed by atoms with Crippen LogP contribution in [0.2, 0.25) is 0 Å². The number of hydrogen-bond donors (Lipinski definition) is 0. The van der Waals surface area contributed by atoms with Gasteiger partial charge in [0.25, 0.3) is 5.91 Å². The molecular weight excluding hydrogens is 332 g/mol. The first-order valence-electron chi connectivity index (χ1n) is 8.95. The minimum Gasteiger partial charge on any atom is -0.479 e. The van der Waals surface area contributed by atoms with Gasteiger partial charge in [0, 0.05) is 6.04 Å². The maximum Gasteiger partial charge on any atom is 0.268 e. The molecule has 136 valence electrons. The van der Waals surface area contributed by atoms with E-state index in [4.69, 9.17) is 9.15 Å². The van der Waals surface area contributed by atoms with Crippen LogP contribution in [0.1, 0.15) is 31.3 Å². The molecule has 1 aliphatic heterocycles. The lowest BCUT2D eigenvalue weighted by molar-refractivity contribution is -0.134. The number of anilines is 1. The van der Waals surface area contributed by atoms with Crippen molar-refractivity contribution in [2.24, 2.45) is 0 Å². The van der Waals surface area contributed by atoms with Crippen molar-refractivity contribution in [3.05, 3.63) is 47.9 Å². The molecule has 1 atom stereocenters. The van der Waals surface area contributed by atoms with Gasteiger partial charge in [0.05, 0.1) is 12.2 Å². The van der Waals surface area contributed by atoms with Crippen molar-refractivity contribution in [3.63, 3.8) is 0 Å². The number of amides is 2. The summed E-state index contributed by atoms with van der Waals surface area (Å²) in [6.45, 7) is 4.05. The van der Waals surface area contributed by atoms with Gasteiger partial charge < -0.3 is 14.1 Å². The second-order valence-electron chi connectivity index (χ2n) is 6.92. The standard InChI is InChI=1S/C20H22N2O4/c1-13-7-10-16(25-13)11-21(15-8-9-15)19(23)12-22-17-5-3-4-6-18(17)26-14(2)20(22)24/h3-7,10,14-15H,8-9,11-12H2,1-2H3/t14-/m0/s1. The van der Waals surface area contributed by atoms with E-state index in [1.165, 1.54) is 4.90 Å². The quantitative estimate of drug-likeness (QED) is 0.828. The van der Waals surface area contributed by atoms with Crippen LogP contribution < -0.4 is 9.64 Å². The van der Waals surface area contributed by atoms with E-state index in [0.717, 1.165) is 24.4 Å². The van der Waals surface area contributed by atoms with E-state index in [2.05, 4.69) is 0 Å². The number of carbonyl (C=O) groups excluding carboxylic acids is 2. The summed E-state index contributed by atoms with van der Waals surface area (Å²) in [7, 11) is 0. The number of ether oxygens (including phenoxy) is 1. The highest BCUT2D eigenvalue weighted by molar-refractivity contribution is 6.03. The van der Waals surface area contributed by atoms with Gasteiger partial charge in [-0.1, -0.05) is 12.1 Å². The molecule has 2 amide bonds. The molecule has 0 bridgehead atoms. The molecule has 1 saturated carbocycles. The summed E-state index contributed by atoms with van der Waals surface area (Å²) < 4.78 is 11.3. The Morgan fingerprint density at radius 3 is 2.69 bits per heavy atom. The molecule has 0 radical (unpaired) electrons. The van der Waals surface area contributed by atoms with Crippen molar-refractivity contribution in [3.8, 4) is 5.75 Å². The molecule has 6 heteroatoms. The lowest BCUT2D eigenvalue weighted by Crippen LogP contribution is -2.49. The second-order valence-corrected chi connectivity index (χ2v) is 6.92. The van der Waals surface area contributed by atoms with Gasteiger partial charge in [-0.15, -0.1) is 0 Å². The number of nitrogens with zero attached hydrogens (tertiary/aromatic N) is 2. The van der Waals surface area contributed by atoms with Gasteiger partial charge in [-0.25, -0.2) is 0 Å². The zero-order valence-electron chi connectivity index (χ0n) is 15.0. The molecule has 1 aliphatic carbocycles. The topological polar surface area (TPSA) is 63.0 Å². The normalized spacial score (nSPS) is 19.1. The summed E-state index contributed by atoms with van der Waals surface area (Å²) in [5.74, 6) is 1.96. The van der Waals surface area contributed by atoms with Crippen LogP contribution in [0.4, 0.5) is 5.69 Å². The molecule has 1 aromatic heterocycles. The summed E-state index contributed by atoms with van der Waals surface area (Å²) >= 11 is 0. The monoisotopic (exact) mass is 354 g/mol. The third-order valence-corrected chi connectivity index (χ3v) is 4.80. The van der Waals surface area contributed by atoms with E-state index in [9.17, 15) is 9.59 Å². The number of aryl methyl sites for hydroxylation is 1. The van der Waals surface area contributed by atoms with E-state index in [1.807, 2.05) is 48.2 Å². The molecule has 1 fully saturated rings. The SMILES string of the molecule is Cc1ccc(CN(C(=O)CN2C(=O)[C@H](C)Oc3ccccc32)C2CC2)o1. The number of furan rings is 1. The van der Waals surface area contributed by atoms with Gasteiger partial charge in [0.15, 0.2) is 6.10 Å². The Kier molecular flexibility index (Phi) is 4.18. The third-order valence-electron chi connectivity index (χ3n) is 4.80. The first-order valence-corrected chi connectivity index (χ1v) is 8.95. The number of rotatable bonds is 5. The first kappa shape index (κ1) is 16.7. The number of hydrogen-bond acceptors (Lipinski definition) is 4. The third kappa shape index (κ3) is 3.19. The summed E-state index contributed by atoms with van der Waals surface area (Å²) in [4.78, 5) is 29.0. The maximum absolute atomic E-state index is 13.0. The Morgan fingerprint density at radius 2 is 2.00 bits per heavy atom. The van der Waals surface area contributed by atoms with Crippen LogP contribution in [0.3, 0.4) is 0 Å². The lowest BCUT2D eigenvalue weighted by atomic mass is 10.2. The Balaban J connectivity index is 1.55. The van der Waals surface area contributed by atoms with Gasteiger partial charge in [-0.2, -0.15) is 0 Å².